The van der Waals surface area contributed by atoms with E-state index in [1.165, 1.54) is 10.4 Å². The highest BCUT2D eigenvalue weighted by Gasteiger charge is 2.26. The molecular weight excluding hydrogens is 418 g/mol. The van der Waals surface area contributed by atoms with Crippen molar-refractivity contribution >= 4 is 34.2 Å². The van der Waals surface area contributed by atoms with Gasteiger partial charge in [0.1, 0.15) is 0 Å². The minimum atomic E-state index is 0.0900. The number of fused-ring (bicyclic) bond motifs is 1. The van der Waals surface area contributed by atoms with Crippen LogP contribution in [0.5, 0.6) is 0 Å². The molecule has 0 unspecified atom stereocenters. The lowest BCUT2D eigenvalue weighted by Gasteiger charge is -2.31. The van der Waals surface area contributed by atoms with Crippen molar-refractivity contribution in [3.05, 3.63) is 46.2 Å². The van der Waals surface area contributed by atoms with Crippen LogP contribution in [0.25, 0.3) is 11.0 Å². The van der Waals surface area contributed by atoms with Crippen LogP contribution in [0, 0.1) is 12.8 Å². The van der Waals surface area contributed by atoms with E-state index >= 15 is 0 Å². The van der Waals surface area contributed by atoms with E-state index in [0.717, 1.165) is 62.4 Å². The van der Waals surface area contributed by atoms with Crippen LogP contribution < -0.4 is 10.2 Å². The number of nitrogens with zero attached hydrogens (tertiary/aromatic N) is 3. The number of H-pyrrole nitrogens is 1. The summed E-state index contributed by atoms with van der Waals surface area (Å²) < 4.78 is 0. The highest BCUT2D eigenvalue weighted by atomic mass is 32.1. The van der Waals surface area contributed by atoms with Crippen molar-refractivity contribution in [2.75, 3.05) is 31.1 Å². The van der Waals surface area contributed by atoms with Crippen LogP contribution >= 0.6 is 11.3 Å². The molecule has 32 heavy (non-hydrogen) atoms. The standard InChI is InChI=1S/C25H35N5OS/c1-4-19(3)30(17-21-6-5-15-32-21)14-11-26-24(31)20-9-12-29(13-10-20)25-27-22-8-7-18(2)16-23(22)28-25/h5-8,15-16,19-20H,4,9-14,17H2,1-3H3,(H,26,31)(H,27,28)/t19-/m0/s1. The Kier molecular flexibility index (Phi) is 7.48. The highest BCUT2D eigenvalue weighted by molar-refractivity contribution is 7.09. The molecule has 1 atom stereocenters. The van der Waals surface area contributed by atoms with E-state index in [2.05, 4.69) is 76.6 Å². The average Bonchev–Trinajstić information content (AvgIpc) is 3.47. The van der Waals surface area contributed by atoms with Crippen molar-refractivity contribution in [1.29, 1.82) is 0 Å². The number of thiophene rings is 1. The Morgan fingerprint density at radius 1 is 1.34 bits per heavy atom. The molecular formula is C25H35N5OS. The van der Waals surface area contributed by atoms with E-state index in [9.17, 15) is 4.79 Å². The Bertz CT molecular complexity index is 1010. The minimum Gasteiger partial charge on any atom is -0.355 e. The van der Waals surface area contributed by atoms with Crippen LogP contribution in [0.15, 0.2) is 35.7 Å². The van der Waals surface area contributed by atoms with Crippen molar-refractivity contribution in [3.8, 4) is 0 Å². The van der Waals surface area contributed by atoms with Crippen molar-refractivity contribution in [2.45, 2.75) is 52.6 Å². The number of carbonyl (C=O) groups is 1. The van der Waals surface area contributed by atoms with Crippen LogP contribution in [-0.2, 0) is 11.3 Å². The van der Waals surface area contributed by atoms with Gasteiger partial charge in [-0.2, -0.15) is 0 Å². The molecule has 3 heterocycles. The van der Waals surface area contributed by atoms with E-state index in [1.807, 2.05) is 0 Å². The SMILES string of the molecule is CC[C@H](C)N(CCNC(=O)C1CCN(c2nc3ccc(C)cc3[nH]2)CC1)Cc1cccs1. The molecule has 7 heteroatoms. The first-order chi connectivity index (χ1) is 15.5. The summed E-state index contributed by atoms with van der Waals surface area (Å²) in [5.74, 6) is 1.21. The molecule has 0 bridgehead atoms. The second-order valence-corrected chi connectivity index (χ2v) is 9.97. The van der Waals surface area contributed by atoms with E-state index < -0.39 is 0 Å². The number of rotatable bonds is 9. The molecule has 0 spiro atoms. The fourth-order valence-electron chi connectivity index (χ4n) is 4.40. The van der Waals surface area contributed by atoms with Crippen molar-refractivity contribution in [2.24, 2.45) is 5.92 Å². The lowest BCUT2D eigenvalue weighted by Crippen LogP contribution is -2.44. The maximum atomic E-state index is 12.8. The molecule has 172 valence electrons. The van der Waals surface area contributed by atoms with Crippen LogP contribution in [0.4, 0.5) is 5.95 Å². The smallest absolute Gasteiger partial charge is 0.223 e. The van der Waals surface area contributed by atoms with Crippen LogP contribution in [0.3, 0.4) is 0 Å². The molecule has 1 aromatic carbocycles. The molecule has 0 radical (unpaired) electrons. The van der Waals surface area contributed by atoms with Gasteiger partial charge >= 0.3 is 0 Å². The van der Waals surface area contributed by atoms with Crippen LogP contribution in [-0.4, -0.2) is 53.0 Å². The summed E-state index contributed by atoms with van der Waals surface area (Å²) in [6.45, 7) is 10.8. The largest absolute Gasteiger partial charge is 0.355 e. The van der Waals surface area contributed by atoms with Crippen LogP contribution in [0.1, 0.15) is 43.6 Å². The number of aromatic nitrogens is 2. The van der Waals surface area contributed by atoms with Gasteiger partial charge in [0.05, 0.1) is 11.0 Å². The van der Waals surface area contributed by atoms with Gasteiger partial charge in [0.2, 0.25) is 11.9 Å². The third-order valence-corrected chi connectivity index (χ3v) is 7.50. The number of imidazole rings is 1. The van der Waals surface area contributed by atoms with Gasteiger partial charge in [0, 0.05) is 49.6 Å². The number of benzene rings is 1. The number of piperidine rings is 1. The first-order valence-electron chi connectivity index (χ1n) is 11.8. The zero-order valence-corrected chi connectivity index (χ0v) is 20.3. The first-order valence-corrected chi connectivity index (χ1v) is 12.7. The van der Waals surface area contributed by atoms with Gasteiger partial charge in [-0.25, -0.2) is 4.98 Å². The maximum absolute atomic E-state index is 12.8. The second-order valence-electron chi connectivity index (χ2n) is 8.94. The number of amides is 1. The quantitative estimate of drug-likeness (QED) is 0.498. The number of aromatic amines is 1. The van der Waals surface area contributed by atoms with Gasteiger partial charge in [-0.15, -0.1) is 11.3 Å². The molecule has 0 saturated carbocycles. The number of hydrogen-bond donors (Lipinski definition) is 2. The molecule has 3 aromatic rings. The fraction of sp³-hybridized carbons (Fsp3) is 0.520. The van der Waals surface area contributed by atoms with E-state index in [-0.39, 0.29) is 11.8 Å². The zero-order chi connectivity index (χ0) is 22.5. The topological polar surface area (TPSA) is 64.3 Å². The second kappa shape index (κ2) is 10.5. The predicted octanol–water partition coefficient (Wildman–Crippen LogP) is 4.57. The summed E-state index contributed by atoms with van der Waals surface area (Å²) in [6.07, 6.45) is 2.84. The predicted molar refractivity (Wildman–Crippen MR) is 133 cm³/mol. The molecule has 0 aliphatic carbocycles. The Morgan fingerprint density at radius 3 is 2.88 bits per heavy atom. The Balaban J connectivity index is 1.24. The van der Waals surface area contributed by atoms with E-state index in [1.54, 1.807) is 11.3 Å². The lowest BCUT2D eigenvalue weighted by atomic mass is 9.96. The molecule has 1 saturated heterocycles. The van der Waals surface area contributed by atoms with E-state index in [4.69, 9.17) is 4.98 Å². The van der Waals surface area contributed by atoms with Gasteiger partial charge in [-0.1, -0.05) is 19.1 Å². The van der Waals surface area contributed by atoms with Crippen molar-refractivity contribution in [1.82, 2.24) is 20.2 Å². The number of hydrogen-bond acceptors (Lipinski definition) is 5. The van der Waals surface area contributed by atoms with Crippen molar-refractivity contribution < 1.29 is 4.79 Å². The summed E-state index contributed by atoms with van der Waals surface area (Å²) >= 11 is 1.80. The highest BCUT2D eigenvalue weighted by Crippen LogP contribution is 2.24. The molecule has 2 aromatic heterocycles. The monoisotopic (exact) mass is 453 g/mol. The summed E-state index contributed by atoms with van der Waals surface area (Å²) in [7, 11) is 0. The molecule has 4 rings (SSSR count). The van der Waals surface area contributed by atoms with E-state index in [0.29, 0.717) is 12.6 Å². The third kappa shape index (κ3) is 5.51. The van der Waals surface area contributed by atoms with Crippen molar-refractivity contribution in [3.63, 3.8) is 0 Å². The Morgan fingerprint density at radius 2 is 2.16 bits per heavy atom. The van der Waals surface area contributed by atoms with Gasteiger partial charge < -0.3 is 15.2 Å². The average molecular weight is 454 g/mol. The summed E-state index contributed by atoms with van der Waals surface area (Å²) in [5.41, 5.74) is 3.30. The molecule has 1 aliphatic heterocycles. The summed E-state index contributed by atoms with van der Waals surface area (Å²) in [4.78, 5) is 27.1. The van der Waals surface area contributed by atoms with Gasteiger partial charge in [-0.3, -0.25) is 9.69 Å². The summed E-state index contributed by atoms with van der Waals surface area (Å²) in [6, 6.07) is 11.1. The molecule has 1 amide bonds. The maximum Gasteiger partial charge on any atom is 0.223 e. The molecule has 6 nitrogen and oxygen atoms in total. The Labute approximate surface area is 195 Å². The first kappa shape index (κ1) is 22.8. The Hall–Kier alpha value is -2.38. The van der Waals surface area contributed by atoms with Gasteiger partial charge in [-0.05, 0) is 62.3 Å². The zero-order valence-electron chi connectivity index (χ0n) is 19.4. The number of aryl methyl sites for hydroxylation is 1. The summed E-state index contributed by atoms with van der Waals surface area (Å²) in [5, 5.41) is 5.33. The normalized spacial score (nSPS) is 16.1. The van der Waals surface area contributed by atoms with Gasteiger partial charge in [0.15, 0.2) is 0 Å². The molecule has 2 N–H and O–H groups in total. The number of carbonyl (C=O) groups excluding carboxylic acids is 1. The van der Waals surface area contributed by atoms with Gasteiger partial charge in [0.25, 0.3) is 0 Å². The minimum absolute atomic E-state index is 0.0900. The number of anilines is 1. The fourth-order valence-corrected chi connectivity index (χ4v) is 5.13. The third-order valence-electron chi connectivity index (χ3n) is 6.64. The number of nitrogens with one attached hydrogen (secondary N) is 2. The molecule has 1 fully saturated rings. The van der Waals surface area contributed by atoms with Crippen LogP contribution in [0.2, 0.25) is 0 Å². The molecule has 1 aliphatic rings. The lowest BCUT2D eigenvalue weighted by molar-refractivity contribution is -0.125.